The molecular formula is C20H34O3. The summed E-state index contributed by atoms with van der Waals surface area (Å²) in [5.41, 5.74) is -0.935. The van der Waals surface area contributed by atoms with Crippen LogP contribution in [0.5, 0.6) is 0 Å². The van der Waals surface area contributed by atoms with Gasteiger partial charge in [-0.3, -0.25) is 0 Å². The molecule has 0 aromatic heterocycles. The fraction of sp³-hybridized carbons (Fsp3) is 0.850. The molecule has 0 spiro atoms. The van der Waals surface area contributed by atoms with Crippen LogP contribution in [0.3, 0.4) is 0 Å². The highest BCUT2D eigenvalue weighted by Gasteiger charge is 2.56. The fourth-order valence-electron chi connectivity index (χ4n) is 3.80. The second kappa shape index (κ2) is 8.75. The van der Waals surface area contributed by atoms with Gasteiger partial charge >= 0.3 is 6.16 Å². The Morgan fingerprint density at radius 1 is 0.696 bits per heavy atom. The first-order chi connectivity index (χ1) is 11.1. The van der Waals surface area contributed by atoms with E-state index < -0.39 is 17.4 Å². The predicted molar refractivity (Wildman–Crippen MR) is 93.5 cm³/mol. The molecule has 0 bridgehead atoms. The van der Waals surface area contributed by atoms with Crippen LogP contribution in [0.15, 0.2) is 12.2 Å². The molecule has 132 valence electrons. The van der Waals surface area contributed by atoms with Gasteiger partial charge in [0.25, 0.3) is 0 Å². The fourth-order valence-corrected chi connectivity index (χ4v) is 3.80. The summed E-state index contributed by atoms with van der Waals surface area (Å²) in [5.74, 6) is 0. The maximum atomic E-state index is 11.7. The summed E-state index contributed by atoms with van der Waals surface area (Å²) >= 11 is 0. The summed E-state index contributed by atoms with van der Waals surface area (Å²) < 4.78 is 11.2. The van der Waals surface area contributed by atoms with Crippen LogP contribution in [0.4, 0.5) is 4.79 Å². The molecule has 0 N–H and O–H groups in total. The third-order valence-corrected chi connectivity index (χ3v) is 5.70. The van der Waals surface area contributed by atoms with Crippen LogP contribution < -0.4 is 0 Å². The van der Waals surface area contributed by atoms with Crippen LogP contribution in [0.1, 0.15) is 97.3 Å². The van der Waals surface area contributed by atoms with Gasteiger partial charge in [-0.2, -0.15) is 0 Å². The molecule has 2 rings (SSSR count). The summed E-state index contributed by atoms with van der Waals surface area (Å²) in [6, 6.07) is 0. The van der Waals surface area contributed by atoms with Crippen molar-refractivity contribution in [2.45, 2.75) is 109 Å². The molecule has 0 saturated carbocycles. The molecule has 1 aliphatic heterocycles. The second-order valence-electron chi connectivity index (χ2n) is 7.65. The van der Waals surface area contributed by atoms with E-state index in [4.69, 9.17) is 9.47 Å². The van der Waals surface area contributed by atoms with E-state index in [2.05, 4.69) is 26.0 Å². The first-order valence-electron chi connectivity index (χ1n) is 9.63. The molecule has 3 heteroatoms. The van der Waals surface area contributed by atoms with Crippen molar-refractivity contribution in [2.24, 2.45) is 0 Å². The molecule has 0 radical (unpaired) electrons. The van der Waals surface area contributed by atoms with Crippen LogP contribution in [0, 0.1) is 0 Å². The summed E-state index contributed by atoms with van der Waals surface area (Å²) in [6.45, 7) is 4.12. The zero-order valence-electron chi connectivity index (χ0n) is 15.1. The van der Waals surface area contributed by atoms with Crippen LogP contribution in [-0.4, -0.2) is 17.4 Å². The predicted octanol–water partition coefficient (Wildman–Crippen LogP) is 6.31. The van der Waals surface area contributed by atoms with Gasteiger partial charge in [0.05, 0.1) is 0 Å². The lowest BCUT2D eigenvalue weighted by Gasteiger charge is -2.36. The minimum absolute atomic E-state index is 0.464. The Kier molecular flexibility index (Phi) is 6.98. The molecular weight excluding hydrogens is 288 g/mol. The van der Waals surface area contributed by atoms with Crippen LogP contribution in [-0.2, 0) is 9.47 Å². The first kappa shape index (κ1) is 18.4. The van der Waals surface area contributed by atoms with E-state index in [9.17, 15) is 4.79 Å². The maximum absolute atomic E-state index is 11.7. The van der Waals surface area contributed by atoms with E-state index in [0.29, 0.717) is 0 Å². The van der Waals surface area contributed by atoms with Gasteiger partial charge in [0.1, 0.15) is 0 Å². The lowest BCUT2D eigenvalue weighted by atomic mass is 9.78. The van der Waals surface area contributed by atoms with Crippen molar-refractivity contribution in [3.05, 3.63) is 12.2 Å². The third kappa shape index (κ3) is 5.26. The van der Waals surface area contributed by atoms with E-state index in [1.165, 1.54) is 44.9 Å². The lowest BCUT2D eigenvalue weighted by Crippen LogP contribution is -2.47. The lowest BCUT2D eigenvalue weighted by molar-refractivity contribution is -0.0375. The molecule has 2 aliphatic rings. The molecule has 1 heterocycles. The van der Waals surface area contributed by atoms with Gasteiger partial charge in [-0.05, 0) is 65.2 Å². The van der Waals surface area contributed by atoms with Gasteiger partial charge in [-0.25, -0.2) is 4.79 Å². The number of ether oxygens (including phenoxy) is 2. The third-order valence-electron chi connectivity index (χ3n) is 5.70. The zero-order chi connectivity index (χ0) is 16.6. The number of allylic oxidation sites excluding steroid dienone is 2. The molecule has 3 nitrogen and oxygen atoms in total. The molecule has 1 aliphatic carbocycles. The second-order valence-corrected chi connectivity index (χ2v) is 7.65. The van der Waals surface area contributed by atoms with Crippen molar-refractivity contribution >= 4 is 6.16 Å². The SMILES string of the molecule is C[C@@]12CCCC/C=C\CCCCCCCCC[C@@]1(C)OC(=O)O2. The molecule has 23 heavy (non-hydrogen) atoms. The Hall–Kier alpha value is -0.990. The van der Waals surface area contributed by atoms with Gasteiger partial charge in [-0.15, -0.1) is 0 Å². The van der Waals surface area contributed by atoms with Gasteiger partial charge in [0.15, 0.2) is 11.2 Å². The Balaban J connectivity index is 1.94. The summed E-state index contributed by atoms with van der Waals surface area (Å²) in [7, 11) is 0. The highest BCUT2D eigenvalue weighted by molar-refractivity contribution is 5.64. The number of carbonyl (C=O) groups excluding carboxylic acids is 1. The number of hydrogen-bond donors (Lipinski definition) is 0. The normalized spacial score (nSPS) is 36.3. The average Bonchev–Trinajstić information content (AvgIpc) is 2.72. The van der Waals surface area contributed by atoms with Crippen molar-refractivity contribution in [1.82, 2.24) is 0 Å². The summed E-state index contributed by atoms with van der Waals surface area (Å²) in [4.78, 5) is 11.7. The van der Waals surface area contributed by atoms with E-state index >= 15 is 0 Å². The standard InChI is InChI=1S/C20H34O3/c1-19-16-14-12-10-8-6-4-3-5-7-9-11-13-15-17-20(19,2)23-18(21)22-19/h6,8H,3-5,7,9-17H2,1-2H3/b8-6-/t19-,20-/m1/s1. The van der Waals surface area contributed by atoms with Crippen molar-refractivity contribution in [1.29, 1.82) is 0 Å². The topological polar surface area (TPSA) is 35.5 Å². The van der Waals surface area contributed by atoms with Crippen molar-refractivity contribution in [3.63, 3.8) is 0 Å². The highest BCUT2D eigenvalue weighted by Crippen LogP contribution is 2.43. The number of hydrogen-bond acceptors (Lipinski definition) is 3. The van der Waals surface area contributed by atoms with Crippen LogP contribution in [0.2, 0.25) is 0 Å². The molecule has 0 aromatic rings. The van der Waals surface area contributed by atoms with Crippen molar-refractivity contribution in [2.75, 3.05) is 0 Å². The van der Waals surface area contributed by atoms with Crippen LogP contribution >= 0.6 is 0 Å². The Morgan fingerprint density at radius 2 is 1.09 bits per heavy atom. The Morgan fingerprint density at radius 3 is 1.65 bits per heavy atom. The Labute approximate surface area is 141 Å². The molecule has 0 amide bonds. The highest BCUT2D eigenvalue weighted by atomic mass is 16.8. The smallest absolute Gasteiger partial charge is 0.424 e. The van der Waals surface area contributed by atoms with Gasteiger partial charge in [0.2, 0.25) is 0 Å². The first-order valence-corrected chi connectivity index (χ1v) is 9.63. The van der Waals surface area contributed by atoms with E-state index in [-0.39, 0.29) is 0 Å². The molecule has 2 atom stereocenters. The minimum atomic E-state index is -0.482. The van der Waals surface area contributed by atoms with Crippen molar-refractivity contribution < 1.29 is 14.3 Å². The minimum Gasteiger partial charge on any atom is -0.424 e. The molecule has 1 fully saturated rings. The quantitative estimate of drug-likeness (QED) is 0.387. The summed E-state index contributed by atoms with van der Waals surface area (Å²) in [6.07, 6.45) is 19.5. The van der Waals surface area contributed by atoms with Gasteiger partial charge in [-0.1, -0.05) is 44.3 Å². The van der Waals surface area contributed by atoms with Gasteiger partial charge in [0, 0.05) is 0 Å². The number of carbonyl (C=O) groups is 1. The molecule has 1 saturated heterocycles. The van der Waals surface area contributed by atoms with E-state index in [0.717, 1.165) is 38.5 Å². The average molecular weight is 322 g/mol. The molecule has 0 unspecified atom stereocenters. The Bertz CT molecular complexity index is 404. The van der Waals surface area contributed by atoms with Crippen molar-refractivity contribution in [3.8, 4) is 0 Å². The van der Waals surface area contributed by atoms with Crippen LogP contribution in [0.25, 0.3) is 0 Å². The van der Waals surface area contributed by atoms with E-state index in [1.807, 2.05) is 0 Å². The maximum Gasteiger partial charge on any atom is 0.509 e. The monoisotopic (exact) mass is 322 g/mol. The zero-order valence-corrected chi connectivity index (χ0v) is 15.1. The number of fused-ring (bicyclic) bond motifs is 1. The summed E-state index contributed by atoms with van der Waals surface area (Å²) in [5, 5.41) is 0. The van der Waals surface area contributed by atoms with Gasteiger partial charge < -0.3 is 9.47 Å². The number of rotatable bonds is 0. The molecule has 0 aromatic carbocycles. The van der Waals surface area contributed by atoms with E-state index in [1.54, 1.807) is 0 Å². The largest absolute Gasteiger partial charge is 0.509 e.